The van der Waals surface area contributed by atoms with E-state index in [0.717, 1.165) is 5.56 Å². The van der Waals surface area contributed by atoms with Gasteiger partial charge in [-0.25, -0.2) is 13.6 Å². The Bertz CT molecular complexity index is 800. The fourth-order valence-corrected chi connectivity index (χ4v) is 3.01. The summed E-state index contributed by atoms with van der Waals surface area (Å²) in [6.45, 7) is 3.79. The van der Waals surface area contributed by atoms with Crippen LogP contribution in [-0.4, -0.2) is 14.3 Å². The van der Waals surface area contributed by atoms with Gasteiger partial charge in [-0.05, 0) is 42.7 Å². The van der Waals surface area contributed by atoms with Gasteiger partial charge in [-0.1, -0.05) is 30.3 Å². The molecule has 0 atom stereocenters. The maximum Gasteiger partial charge on any atom is 0.251 e. The van der Waals surface area contributed by atoms with Crippen LogP contribution in [0.3, 0.4) is 0 Å². The average molecular weight is 318 g/mol. The molecule has 0 unspecified atom stereocenters. The molecule has 1 amide bonds. The zero-order valence-electron chi connectivity index (χ0n) is 12.5. The number of carbonyl (C=O) groups excluding carboxylic acids is 1. The minimum Gasteiger partial charge on any atom is -0.348 e. The first-order valence-electron chi connectivity index (χ1n) is 6.75. The van der Waals surface area contributed by atoms with Gasteiger partial charge in [0.05, 0.1) is 4.90 Å². The van der Waals surface area contributed by atoms with Gasteiger partial charge in [-0.3, -0.25) is 4.79 Å². The van der Waals surface area contributed by atoms with Gasteiger partial charge in [0.25, 0.3) is 5.91 Å². The summed E-state index contributed by atoms with van der Waals surface area (Å²) in [5.41, 5.74) is 2.51. The van der Waals surface area contributed by atoms with Crippen LogP contribution >= 0.6 is 0 Å². The molecule has 22 heavy (non-hydrogen) atoms. The molecule has 0 aromatic heterocycles. The minimum absolute atomic E-state index is 0.0163. The number of primary sulfonamides is 1. The van der Waals surface area contributed by atoms with Gasteiger partial charge in [0.2, 0.25) is 10.0 Å². The molecule has 6 heteroatoms. The molecule has 3 N–H and O–H groups in total. The van der Waals surface area contributed by atoms with E-state index in [9.17, 15) is 13.2 Å². The molecule has 0 saturated carbocycles. The van der Waals surface area contributed by atoms with Crippen LogP contribution in [0.2, 0.25) is 0 Å². The van der Waals surface area contributed by atoms with E-state index in [1.54, 1.807) is 19.9 Å². The summed E-state index contributed by atoms with van der Waals surface area (Å²) < 4.78 is 23.2. The van der Waals surface area contributed by atoms with Crippen molar-refractivity contribution in [2.75, 3.05) is 0 Å². The number of hydrogen-bond donors (Lipinski definition) is 2. The number of amides is 1. The van der Waals surface area contributed by atoms with Crippen molar-refractivity contribution < 1.29 is 13.2 Å². The second-order valence-electron chi connectivity index (χ2n) is 5.13. The second-order valence-corrected chi connectivity index (χ2v) is 6.66. The van der Waals surface area contributed by atoms with E-state index in [4.69, 9.17) is 5.14 Å². The Morgan fingerprint density at radius 2 is 1.77 bits per heavy atom. The SMILES string of the molecule is Cc1cc(C(=O)NCc2ccccc2)cc(S(N)(=O)=O)c1C. The first-order valence-corrected chi connectivity index (χ1v) is 8.30. The molecular formula is C16H18N2O3S. The number of carbonyl (C=O) groups is 1. The lowest BCUT2D eigenvalue weighted by molar-refractivity contribution is 0.0950. The second kappa shape index (κ2) is 6.29. The maximum absolute atomic E-state index is 12.2. The van der Waals surface area contributed by atoms with Crippen molar-refractivity contribution in [1.82, 2.24) is 5.32 Å². The molecule has 0 heterocycles. The van der Waals surface area contributed by atoms with Crippen LogP contribution in [0.4, 0.5) is 0 Å². The lowest BCUT2D eigenvalue weighted by atomic mass is 10.1. The van der Waals surface area contributed by atoms with E-state index in [1.807, 2.05) is 30.3 Å². The Balaban J connectivity index is 2.25. The Kier molecular flexibility index (Phi) is 4.63. The molecule has 0 spiro atoms. The lowest BCUT2D eigenvalue weighted by Crippen LogP contribution is -2.24. The number of rotatable bonds is 4. The zero-order chi connectivity index (χ0) is 16.3. The first kappa shape index (κ1) is 16.2. The van der Waals surface area contributed by atoms with E-state index in [0.29, 0.717) is 17.7 Å². The zero-order valence-corrected chi connectivity index (χ0v) is 13.3. The molecule has 0 aliphatic carbocycles. The third-order valence-electron chi connectivity index (χ3n) is 3.48. The molecule has 5 nitrogen and oxygen atoms in total. The van der Waals surface area contributed by atoms with E-state index in [1.165, 1.54) is 6.07 Å². The van der Waals surface area contributed by atoms with E-state index in [-0.39, 0.29) is 16.4 Å². The molecular weight excluding hydrogens is 300 g/mol. The molecule has 2 aromatic rings. The highest BCUT2D eigenvalue weighted by molar-refractivity contribution is 7.89. The summed E-state index contributed by atoms with van der Waals surface area (Å²) in [5, 5.41) is 7.97. The topological polar surface area (TPSA) is 89.3 Å². The molecule has 0 radical (unpaired) electrons. The highest BCUT2D eigenvalue weighted by Gasteiger charge is 2.17. The standard InChI is InChI=1S/C16H18N2O3S/c1-11-8-14(9-15(12(11)2)22(17,20)21)16(19)18-10-13-6-4-3-5-7-13/h3-9H,10H2,1-2H3,(H,18,19)(H2,17,20,21). The monoisotopic (exact) mass is 318 g/mol. The van der Waals surface area contributed by atoms with Gasteiger partial charge in [-0.2, -0.15) is 0 Å². The van der Waals surface area contributed by atoms with Crippen molar-refractivity contribution in [3.05, 3.63) is 64.7 Å². The normalized spacial score (nSPS) is 11.2. The van der Waals surface area contributed by atoms with Crippen molar-refractivity contribution in [2.45, 2.75) is 25.3 Å². The smallest absolute Gasteiger partial charge is 0.251 e. The van der Waals surface area contributed by atoms with Crippen LogP contribution in [-0.2, 0) is 16.6 Å². The first-order chi connectivity index (χ1) is 10.3. The Labute approximate surface area is 130 Å². The predicted molar refractivity (Wildman–Crippen MR) is 84.9 cm³/mol. The Morgan fingerprint density at radius 3 is 2.36 bits per heavy atom. The molecule has 2 rings (SSSR count). The summed E-state index contributed by atoms with van der Waals surface area (Å²) in [5.74, 6) is -0.336. The summed E-state index contributed by atoms with van der Waals surface area (Å²) in [7, 11) is -3.86. The van der Waals surface area contributed by atoms with Gasteiger partial charge in [-0.15, -0.1) is 0 Å². The van der Waals surface area contributed by atoms with Gasteiger partial charge in [0.15, 0.2) is 0 Å². The summed E-state index contributed by atoms with van der Waals surface area (Å²) in [4.78, 5) is 12.2. The molecule has 0 bridgehead atoms. The summed E-state index contributed by atoms with van der Waals surface area (Å²) >= 11 is 0. The minimum atomic E-state index is -3.86. The highest BCUT2D eigenvalue weighted by Crippen LogP contribution is 2.20. The van der Waals surface area contributed by atoms with Crippen LogP contribution in [0, 0.1) is 13.8 Å². The van der Waals surface area contributed by atoms with Crippen molar-refractivity contribution in [3.63, 3.8) is 0 Å². The van der Waals surface area contributed by atoms with Gasteiger partial charge in [0.1, 0.15) is 0 Å². The molecule has 0 aliphatic heterocycles. The number of nitrogens with one attached hydrogen (secondary N) is 1. The summed E-state index contributed by atoms with van der Waals surface area (Å²) in [6.07, 6.45) is 0. The molecule has 0 fully saturated rings. The van der Waals surface area contributed by atoms with Crippen LogP contribution in [0.1, 0.15) is 27.0 Å². The molecule has 2 aromatic carbocycles. The van der Waals surface area contributed by atoms with Crippen molar-refractivity contribution >= 4 is 15.9 Å². The molecule has 116 valence electrons. The van der Waals surface area contributed by atoms with Crippen molar-refractivity contribution in [3.8, 4) is 0 Å². The number of nitrogens with two attached hydrogens (primary N) is 1. The third-order valence-corrected chi connectivity index (χ3v) is 4.52. The lowest BCUT2D eigenvalue weighted by Gasteiger charge is -2.11. The van der Waals surface area contributed by atoms with Crippen molar-refractivity contribution in [2.24, 2.45) is 5.14 Å². The Morgan fingerprint density at radius 1 is 1.14 bits per heavy atom. The Hall–Kier alpha value is -2.18. The number of aryl methyl sites for hydroxylation is 1. The number of hydrogen-bond acceptors (Lipinski definition) is 3. The molecule has 0 aliphatic rings. The van der Waals surface area contributed by atoms with E-state index in [2.05, 4.69) is 5.32 Å². The maximum atomic E-state index is 12.2. The third kappa shape index (κ3) is 3.72. The van der Waals surface area contributed by atoms with Gasteiger partial charge < -0.3 is 5.32 Å². The fourth-order valence-electron chi connectivity index (χ4n) is 2.13. The predicted octanol–water partition coefficient (Wildman–Crippen LogP) is 1.88. The highest BCUT2D eigenvalue weighted by atomic mass is 32.2. The van der Waals surface area contributed by atoms with Crippen LogP contribution < -0.4 is 10.5 Å². The van der Waals surface area contributed by atoms with E-state index >= 15 is 0 Å². The van der Waals surface area contributed by atoms with Crippen LogP contribution in [0.25, 0.3) is 0 Å². The van der Waals surface area contributed by atoms with Crippen LogP contribution in [0.15, 0.2) is 47.4 Å². The van der Waals surface area contributed by atoms with E-state index < -0.39 is 10.0 Å². The van der Waals surface area contributed by atoms with Gasteiger partial charge in [0, 0.05) is 12.1 Å². The quantitative estimate of drug-likeness (QED) is 0.902. The number of benzene rings is 2. The van der Waals surface area contributed by atoms with Gasteiger partial charge >= 0.3 is 0 Å². The number of sulfonamides is 1. The largest absolute Gasteiger partial charge is 0.348 e. The average Bonchev–Trinajstić information content (AvgIpc) is 2.47. The summed E-state index contributed by atoms with van der Waals surface area (Å²) in [6, 6.07) is 12.4. The molecule has 0 saturated heterocycles. The van der Waals surface area contributed by atoms with Crippen molar-refractivity contribution in [1.29, 1.82) is 0 Å². The van der Waals surface area contributed by atoms with Crippen LogP contribution in [0.5, 0.6) is 0 Å². The fraction of sp³-hybridized carbons (Fsp3) is 0.188.